The second-order valence-electron chi connectivity index (χ2n) is 5.21. The molecule has 0 amide bonds. The predicted octanol–water partition coefficient (Wildman–Crippen LogP) is 3.99. The van der Waals surface area contributed by atoms with Crippen molar-refractivity contribution in [3.05, 3.63) is 54.4 Å². The summed E-state index contributed by atoms with van der Waals surface area (Å²) in [5.74, 6) is 0.683. The first-order valence-corrected chi connectivity index (χ1v) is 6.90. The number of nitrogens with one attached hydrogen (secondary N) is 1. The number of hydrogen-bond donors (Lipinski definition) is 1. The van der Waals surface area contributed by atoms with E-state index in [4.69, 9.17) is 4.42 Å². The molecule has 0 aliphatic rings. The van der Waals surface area contributed by atoms with E-state index in [1.165, 1.54) is 10.8 Å². The molecule has 2 aromatic carbocycles. The molecule has 0 bridgehead atoms. The number of oxazole rings is 1. The Hall–Kier alpha value is -2.13. The molecule has 1 aromatic heterocycles. The topological polar surface area (TPSA) is 38.1 Å². The van der Waals surface area contributed by atoms with E-state index in [0.717, 1.165) is 17.8 Å². The van der Waals surface area contributed by atoms with Crippen LogP contribution in [-0.2, 0) is 6.54 Å². The Morgan fingerprint density at radius 1 is 1.10 bits per heavy atom. The summed E-state index contributed by atoms with van der Waals surface area (Å²) in [6.07, 6.45) is 1.73. The van der Waals surface area contributed by atoms with Crippen LogP contribution in [0.2, 0.25) is 0 Å². The summed E-state index contributed by atoms with van der Waals surface area (Å²) < 4.78 is 5.64. The minimum atomic E-state index is 0.438. The zero-order valence-corrected chi connectivity index (χ0v) is 11.8. The van der Waals surface area contributed by atoms with Crippen molar-refractivity contribution >= 4 is 10.8 Å². The van der Waals surface area contributed by atoms with Gasteiger partial charge in [-0.2, -0.15) is 0 Å². The molecular weight excluding hydrogens is 248 g/mol. The molecule has 3 heteroatoms. The van der Waals surface area contributed by atoms with Gasteiger partial charge in [0.25, 0.3) is 0 Å². The van der Waals surface area contributed by atoms with E-state index >= 15 is 0 Å². The van der Waals surface area contributed by atoms with Crippen LogP contribution < -0.4 is 5.32 Å². The van der Waals surface area contributed by atoms with Gasteiger partial charge in [-0.25, -0.2) is 4.98 Å². The quantitative estimate of drug-likeness (QED) is 0.775. The van der Waals surface area contributed by atoms with Crippen LogP contribution in [-0.4, -0.2) is 11.0 Å². The van der Waals surface area contributed by atoms with Crippen molar-refractivity contribution in [3.8, 4) is 11.5 Å². The first-order chi connectivity index (χ1) is 9.74. The summed E-state index contributed by atoms with van der Waals surface area (Å²) in [4.78, 5) is 4.57. The second-order valence-corrected chi connectivity index (χ2v) is 5.21. The molecule has 0 atom stereocenters. The Morgan fingerprint density at radius 2 is 1.90 bits per heavy atom. The standard InChI is InChI=1S/C17H18N2O/c1-12(2)18-10-14-11-20-17(19-14)16-9-5-7-13-6-3-4-8-15(13)16/h3-9,11-12,18H,10H2,1-2H3. The van der Waals surface area contributed by atoms with Crippen LogP contribution in [0.15, 0.2) is 53.1 Å². The Labute approximate surface area is 118 Å². The molecule has 0 saturated heterocycles. The van der Waals surface area contributed by atoms with Gasteiger partial charge in [-0.1, -0.05) is 50.2 Å². The molecule has 1 heterocycles. The van der Waals surface area contributed by atoms with Crippen molar-refractivity contribution in [1.82, 2.24) is 10.3 Å². The molecule has 0 aliphatic heterocycles. The first-order valence-electron chi connectivity index (χ1n) is 6.90. The number of benzene rings is 2. The van der Waals surface area contributed by atoms with Gasteiger partial charge in [0.05, 0.1) is 5.69 Å². The van der Waals surface area contributed by atoms with Gasteiger partial charge < -0.3 is 9.73 Å². The molecule has 0 unspecified atom stereocenters. The van der Waals surface area contributed by atoms with Crippen molar-refractivity contribution in [2.75, 3.05) is 0 Å². The molecule has 0 radical (unpaired) electrons. The lowest BCUT2D eigenvalue weighted by atomic mass is 10.0. The lowest BCUT2D eigenvalue weighted by Gasteiger charge is -2.04. The van der Waals surface area contributed by atoms with Crippen LogP contribution in [0.1, 0.15) is 19.5 Å². The van der Waals surface area contributed by atoms with Crippen molar-refractivity contribution < 1.29 is 4.42 Å². The highest BCUT2D eigenvalue weighted by molar-refractivity contribution is 5.94. The maximum absolute atomic E-state index is 5.64. The van der Waals surface area contributed by atoms with Gasteiger partial charge in [-0.15, -0.1) is 0 Å². The molecule has 0 spiro atoms. The molecule has 20 heavy (non-hydrogen) atoms. The lowest BCUT2D eigenvalue weighted by Crippen LogP contribution is -2.21. The summed E-state index contributed by atoms with van der Waals surface area (Å²) in [6.45, 7) is 4.96. The molecule has 0 saturated carbocycles. The summed E-state index contributed by atoms with van der Waals surface area (Å²) in [5, 5.41) is 5.71. The predicted molar refractivity (Wildman–Crippen MR) is 81.4 cm³/mol. The van der Waals surface area contributed by atoms with Gasteiger partial charge in [0.2, 0.25) is 5.89 Å². The number of nitrogens with zero attached hydrogens (tertiary/aromatic N) is 1. The smallest absolute Gasteiger partial charge is 0.226 e. The van der Waals surface area contributed by atoms with Gasteiger partial charge >= 0.3 is 0 Å². The van der Waals surface area contributed by atoms with Gasteiger partial charge in [-0.3, -0.25) is 0 Å². The van der Waals surface area contributed by atoms with Crippen LogP contribution in [0.3, 0.4) is 0 Å². The van der Waals surface area contributed by atoms with E-state index in [-0.39, 0.29) is 0 Å². The highest BCUT2D eigenvalue weighted by atomic mass is 16.3. The summed E-state index contributed by atoms with van der Waals surface area (Å²) in [5.41, 5.74) is 1.97. The fourth-order valence-electron chi connectivity index (χ4n) is 2.23. The number of hydrogen-bond acceptors (Lipinski definition) is 3. The zero-order chi connectivity index (χ0) is 13.9. The molecule has 1 N–H and O–H groups in total. The third-order valence-electron chi connectivity index (χ3n) is 3.26. The molecule has 0 fully saturated rings. The van der Waals surface area contributed by atoms with Crippen molar-refractivity contribution in [2.24, 2.45) is 0 Å². The lowest BCUT2D eigenvalue weighted by molar-refractivity contribution is 0.560. The summed E-state index contributed by atoms with van der Waals surface area (Å²) in [7, 11) is 0. The number of rotatable bonds is 4. The molecule has 0 aliphatic carbocycles. The summed E-state index contributed by atoms with van der Waals surface area (Å²) >= 11 is 0. The highest BCUT2D eigenvalue weighted by Crippen LogP contribution is 2.27. The van der Waals surface area contributed by atoms with Crippen LogP contribution in [0, 0.1) is 0 Å². The maximum Gasteiger partial charge on any atom is 0.226 e. The molecule has 3 rings (SSSR count). The van der Waals surface area contributed by atoms with Crippen LogP contribution in [0.4, 0.5) is 0 Å². The number of aromatic nitrogens is 1. The molecule has 3 aromatic rings. The van der Waals surface area contributed by atoms with Crippen molar-refractivity contribution in [3.63, 3.8) is 0 Å². The maximum atomic E-state index is 5.64. The Balaban J connectivity index is 1.95. The van der Waals surface area contributed by atoms with Crippen LogP contribution in [0.5, 0.6) is 0 Å². The molecule has 102 valence electrons. The van der Waals surface area contributed by atoms with Gasteiger partial charge in [0.15, 0.2) is 0 Å². The van der Waals surface area contributed by atoms with Crippen LogP contribution in [0.25, 0.3) is 22.2 Å². The average molecular weight is 266 g/mol. The Morgan fingerprint density at radius 3 is 2.75 bits per heavy atom. The minimum absolute atomic E-state index is 0.438. The van der Waals surface area contributed by atoms with E-state index in [0.29, 0.717) is 11.9 Å². The summed E-state index contributed by atoms with van der Waals surface area (Å²) in [6, 6.07) is 14.9. The zero-order valence-electron chi connectivity index (χ0n) is 11.8. The second kappa shape index (κ2) is 5.47. The van der Waals surface area contributed by atoms with Gasteiger partial charge in [0, 0.05) is 18.2 Å². The Kier molecular flexibility index (Phi) is 3.52. The molecule has 3 nitrogen and oxygen atoms in total. The fraction of sp³-hybridized carbons (Fsp3) is 0.235. The number of fused-ring (bicyclic) bond motifs is 1. The SMILES string of the molecule is CC(C)NCc1coc(-c2cccc3ccccc23)n1. The van der Waals surface area contributed by atoms with E-state index in [1.54, 1.807) is 6.26 Å². The third-order valence-corrected chi connectivity index (χ3v) is 3.26. The minimum Gasteiger partial charge on any atom is -0.444 e. The highest BCUT2D eigenvalue weighted by Gasteiger charge is 2.10. The van der Waals surface area contributed by atoms with Crippen molar-refractivity contribution in [1.29, 1.82) is 0 Å². The first kappa shape index (κ1) is 12.9. The van der Waals surface area contributed by atoms with E-state index in [1.807, 2.05) is 24.3 Å². The third kappa shape index (κ3) is 2.58. The van der Waals surface area contributed by atoms with E-state index < -0.39 is 0 Å². The van der Waals surface area contributed by atoms with Gasteiger partial charge in [-0.05, 0) is 16.8 Å². The monoisotopic (exact) mass is 266 g/mol. The van der Waals surface area contributed by atoms with E-state index in [9.17, 15) is 0 Å². The fourth-order valence-corrected chi connectivity index (χ4v) is 2.23. The van der Waals surface area contributed by atoms with Gasteiger partial charge in [0.1, 0.15) is 6.26 Å². The normalized spacial score (nSPS) is 11.3. The largest absolute Gasteiger partial charge is 0.444 e. The molecular formula is C17H18N2O. The van der Waals surface area contributed by atoms with E-state index in [2.05, 4.69) is 42.3 Å². The van der Waals surface area contributed by atoms with Crippen LogP contribution >= 0.6 is 0 Å². The Bertz CT molecular complexity index is 710. The average Bonchev–Trinajstić information content (AvgIpc) is 2.93. The van der Waals surface area contributed by atoms with Crippen molar-refractivity contribution in [2.45, 2.75) is 26.4 Å².